The van der Waals surface area contributed by atoms with Crippen molar-refractivity contribution in [2.75, 3.05) is 6.61 Å². The average Bonchev–Trinajstić information content (AvgIpc) is 2.86. The third-order valence-electron chi connectivity index (χ3n) is 3.95. The van der Waals surface area contributed by atoms with E-state index in [0.717, 1.165) is 23.3 Å². The molecule has 25 heavy (non-hydrogen) atoms. The van der Waals surface area contributed by atoms with E-state index in [1.165, 1.54) is 6.07 Å². The zero-order valence-corrected chi connectivity index (χ0v) is 14.5. The molecule has 0 fully saturated rings. The maximum atomic E-state index is 14.1. The second-order valence-electron chi connectivity index (χ2n) is 6.00. The topological polar surface area (TPSA) is 86.5 Å². The average molecular weight is 361 g/mol. The molecule has 1 aliphatic rings. The van der Waals surface area contributed by atoms with E-state index in [2.05, 4.69) is 0 Å². The lowest BCUT2D eigenvalue weighted by Crippen LogP contribution is -2.14. The van der Waals surface area contributed by atoms with Gasteiger partial charge >= 0.3 is 5.97 Å². The van der Waals surface area contributed by atoms with E-state index in [0.29, 0.717) is 22.3 Å². The first-order chi connectivity index (χ1) is 11.7. The van der Waals surface area contributed by atoms with Gasteiger partial charge in [0, 0.05) is 5.57 Å². The molecule has 0 amide bonds. The fourth-order valence-corrected chi connectivity index (χ4v) is 3.55. The summed E-state index contributed by atoms with van der Waals surface area (Å²) in [5.74, 6) is -1.46. The lowest BCUT2D eigenvalue weighted by atomic mass is 9.94. The lowest BCUT2D eigenvalue weighted by Gasteiger charge is -2.08. The smallest absolute Gasteiger partial charge is 0.339 e. The van der Waals surface area contributed by atoms with Crippen LogP contribution in [0.25, 0.3) is 11.1 Å². The quantitative estimate of drug-likeness (QED) is 0.851. The van der Waals surface area contributed by atoms with E-state index in [-0.39, 0.29) is 6.61 Å². The fourth-order valence-electron chi connectivity index (χ4n) is 2.96. The van der Waals surface area contributed by atoms with Crippen molar-refractivity contribution in [3.63, 3.8) is 0 Å². The van der Waals surface area contributed by atoms with E-state index in [1.54, 1.807) is 0 Å². The Morgan fingerprint density at radius 1 is 1.04 bits per heavy atom. The standard InChI is InChI=1S/C18H16FNO4S/c1-10-5-11(2)7-13(6-10)17-14(9-24-18(17)21)12-3-4-16(15(19)8-12)25(20,22)23/h3-8H,9H2,1-2H3,(H2,20,22,23). The summed E-state index contributed by atoms with van der Waals surface area (Å²) in [7, 11) is -4.15. The highest BCUT2D eigenvalue weighted by atomic mass is 32.2. The van der Waals surface area contributed by atoms with Crippen molar-refractivity contribution < 1.29 is 22.3 Å². The van der Waals surface area contributed by atoms with Crippen LogP contribution in [0.1, 0.15) is 22.3 Å². The summed E-state index contributed by atoms with van der Waals surface area (Å²) in [6, 6.07) is 9.25. The van der Waals surface area contributed by atoms with Crippen LogP contribution >= 0.6 is 0 Å². The number of primary sulfonamides is 1. The van der Waals surface area contributed by atoms with Gasteiger partial charge in [-0.1, -0.05) is 35.4 Å². The highest BCUT2D eigenvalue weighted by molar-refractivity contribution is 7.89. The Balaban J connectivity index is 2.18. The number of hydrogen-bond donors (Lipinski definition) is 1. The van der Waals surface area contributed by atoms with E-state index < -0.39 is 26.7 Å². The Hall–Kier alpha value is -2.51. The van der Waals surface area contributed by atoms with Crippen LogP contribution < -0.4 is 5.14 Å². The van der Waals surface area contributed by atoms with Crippen molar-refractivity contribution in [2.24, 2.45) is 5.14 Å². The predicted octanol–water partition coefficient (Wildman–Crippen LogP) is 2.56. The van der Waals surface area contributed by atoms with Crippen LogP contribution in [0.3, 0.4) is 0 Å². The van der Waals surface area contributed by atoms with Crippen LogP contribution in [0.2, 0.25) is 0 Å². The molecular weight excluding hydrogens is 345 g/mol. The Labute approximate surface area is 145 Å². The van der Waals surface area contributed by atoms with Gasteiger partial charge in [0.05, 0.1) is 5.57 Å². The fraction of sp³-hybridized carbons (Fsp3) is 0.167. The van der Waals surface area contributed by atoms with Crippen LogP contribution in [0, 0.1) is 19.7 Å². The molecule has 0 unspecified atom stereocenters. The molecule has 3 rings (SSSR count). The maximum Gasteiger partial charge on any atom is 0.339 e. The Morgan fingerprint density at radius 3 is 2.24 bits per heavy atom. The van der Waals surface area contributed by atoms with E-state index in [9.17, 15) is 17.6 Å². The molecule has 0 saturated carbocycles. The monoisotopic (exact) mass is 361 g/mol. The summed E-state index contributed by atoms with van der Waals surface area (Å²) in [6.45, 7) is 3.82. The summed E-state index contributed by atoms with van der Waals surface area (Å²) in [4.78, 5) is 11.6. The molecule has 0 saturated heterocycles. The molecule has 0 spiro atoms. The van der Waals surface area contributed by atoms with Gasteiger partial charge in [-0.05, 0) is 37.1 Å². The first kappa shape index (κ1) is 17.3. The third-order valence-corrected chi connectivity index (χ3v) is 4.89. The number of cyclic esters (lactones) is 1. The highest BCUT2D eigenvalue weighted by Gasteiger charge is 2.28. The number of nitrogens with two attached hydrogens (primary N) is 1. The van der Waals surface area contributed by atoms with Crippen molar-refractivity contribution in [1.29, 1.82) is 0 Å². The van der Waals surface area contributed by atoms with Gasteiger partial charge in [-0.25, -0.2) is 22.7 Å². The zero-order chi connectivity index (χ0) is 18.4. The molecule has 1 aliphatic heterocycles. The van der Waals surface area contributed by atoms with Crippen LogP contribution in [0.15, 0.2) is 41.3 Å². The minimum absolute atomic E-state index is 0.00464. The van der Waals surface area contributed by atoms with Gasteiger partial charge < -0.3 is 4.74 Å². The summed E-state index contributed by atoms with van der Waals surface area (Å²) >= 11 is 0. The number of esters is 1. The molecule has 7 heteroatoms. The molecule has 0 bridgehead atoms. The van der Waals surface area contributed by atoms with Gasteiger partial charge in [-0.3, -0.25) is 0 Å². The van der Waals surface area contributed by atoms with Crippen molar-refractivity contribution >= 4 is 27.1 Å². The predicted molar refractivity (Wildman–Crippen MR) is 91.5 cm³/mol. The summed E-state index contributed by atoms with van der Waals surface area (Å²) in [5.41, 5.74) is 3.90. The van der Waals surface area contributed by atoms with Crippen LogP contribution in [-0.2, 0) is 19.6 Å². The zero-order valence-electron chi connectivity index (χ0n) is 13.7. The Bertz CT molecular complexity index is 1010. The minimum atomic E-state index is -4.15. The molecule has 1 heterocycles. The molecule has 0 aliphatic carbocycles. The second-order valence-corrected chi connectivity index (χ2v) is 7.53. The first-order valence-electron chi connectivity index (χ1n) is 7.48. The third kappa shape index (κ3) is 3.33. The number of rotatable bonds is 3. The van der Waals surface area contributed by atoms with Gasteiger partial charge in [0.15, 0.2) is 0 Å². The maximum absolute atomic E-state index is 14.1. The number of benzene rings is 2. The largest absolute Gasteiger partial charge is 0.457 e. The number of hydrogen-bond acceptors (Lipinski definition) is 4. The number of sulfonamides is 1. The van der Waals surface area contributed by atoms with Crippen molar-refractivity contribution in [1.82, 2.24) is 0 Å². The van der Waals surface area contributed by atoms with Crippen molar-refractivity contribution in [3.8, 4) is 0 Å². The van der Waals surface area contributed by atoms with Crippen LogP contribution in [0.5, 0.6) is 0 Å². The van der Waals surface area contributed by atoms with Crippen LogP contribution in [0.4, 0.5) is 4.39 Å². The number of ether oxygens (including phenoxy) is 1. The van der Waals surface area contributed by atoms with E-state index in [1.807, 2.05) is 32.0 Å². The molecule has 2 aromatic rings. The van der Waals surface area contributed by atoms with Crippen molar-refractivity contribution in [3.05, 3.63) is 64.5 Å². The molecule has 0 radical (unpaired) electrons. The Morgan fingerprint density at radius 2 is 1.68 bits per heavy atom. The van der Waals surface area contributed by atoms with Crippen molar-refractivity contribution in [2.45, 2.75) is 18.7 Å². The molecule has 0 atom stereocenters. The molecule has 0 aromatic heterocycles. The number of halogens is 1. The molecule has 2 N–H and O–H groups in total. The van der Waals surface area contributed by atoms with Gasteiger partial charge in [0.2, 0.25) is 10.0 Å². The van der Waals surface area contributed by atoms with Gasteiger partial charge in [-0.15, -0.1) is 0 Å². The van der Waals surface area contributed by atoms with E-state index in [4.69, 9.17) is 9.88 Å². The highest BCUT2D eigenvalue weighted by Crippen LogP contribution is 2.34. The normalized spacial score (nSPS) is 14.8. The molecule has 2 aromatic carbocycles. The number of carbonyl (C=O) groups is 1. The SMILES string of the molecule is Cc1cc(C)cc(C2=C(c3ccc(S(N)(=O)=O)c(F)c3)COC2=O)c1. The van der Waals surface area contributed by atoms with Gasteiger partial charge in [0.25, 0.3) is 0 Å². The van der Waals surface area contributed by atoms with Gasteiger partial charge in [0.1, 0.15) is 17.3 Å². The van der Waals surface area contributed by atoms with Gasteiger partial charge in [-0.2, -0.15) is 0 Å². The lowest BCUT2D eigenvalue weighted by molar-refractivity contribution is -0.133. The number of carbonyl (C=O) groups excluding carboxylic acids is 1. The van der Waals surface area contributed by atoms with Crippen LogP contribution in [-0.4, -0.2) is 21.0 Å². The first-order valence-corrected chi connectivity index (χ1v) is 9.03. The molecule has 130 valence electrons. The number of aryl methyl sites for hydroxylation is 2. The second kappa shape index (κ2) is 6.09. The minimum Gasteiger partial charge on any atom is -0.457 e. The molecular formula is C18H16FNO4S. The van der Waals surface area contributed by atoms with E-state index >= 15 is 0 Å². The summed E-state index contributed by atoms with van der Waals surface area (Å²) < 4.78 is 42.0. The molecule has 5 nitrogen and oxygen atoms in total. The Kier molecular flexibility index (Phi) is 4.22. The summed E-state index contributed by atoms with van der Waals surface area (Å²) in [6.07, 6.45) is 0. The summed E-state index contributed by atoms with van der Waals surface area (Å²) in [5, 5.41) is 4.98.